The van der Waals surface area contributed by atoms with Gasteiger partial charge < -0.3 is 10.1 Å². The predicted molar refractivity (Wildman–Crippen MR) is 98.3 cm³/mol. The molecule has 2 aromatic carbocycles. The number of hydrogen-bond acceptors (Lipinski definition) is 3. The first kappa shape index (κ1) is 19.2. The Labute approximate surface area is 159 Å². The summed E-state index contributed by atoms with van der Waals surface area (Å²) in [5.74, 6) is -0.260. The van der Waals surface area contributed by atoms with Crippen LogP contribution in [-0.2, 0) is 4.79 Å². The third-order valence-corrected chi connectivity index (χ3v) is 3.71. The van der Waals surface area contributed by atoms with Crippen molar-refractivity contribution in [1.82, 2.24) is 10.9 Å². The summed E-state index contributed by atoms with van der Waals surface area (Å²) < 4.78 is 5.44. The third kappa shape index (κ3) is 6.01. The first-order valence-corrected chi connectivity index (χ1v) is 8.22. The van der Waals surface area contributed by atoms with Gasteiger partial charge in [0.2, 0.25) is 0 Å². The smallest absolute Gasteiger partial charge is 0.337 e. The highest BCUT2D eigenvalue weighted by molar-refractivity contribution is 6.35. The number of nitrogens with one attached hydrogen (secondary N) is 3. The Hall–Kier alpha value is -2.15. The number of carbonyl (C=O) groups is 2. The van der Waals surface area contributed by atoms with E-state index in [-0.39, 0.29) is 5.02 Å². The van der Waals surface area contributed by atoms with E-state index in [9.17, 15) is 9.59 Å². The number of anilines is 1. The Kier molecular flexibility index (Phi) is 6.75. The molecule has 3 N–H and O–H groups in total. The third-order valence-electron chi connectivity index (χ3n) is 2.95. The minimum absolute atomic E-state index is 0.277. The maximum absolute atomic E-state index is 12.0. The van der Waals surface area contributed by atoms with Gasteiger partial charge in [-0.3, -0.25) is 10.2 Å². The average molecular weight is 403 g/mol. The lowest BCUT2D eigenvalue weighted by molar-refractivity contribution is -0.127. The average Bonchev–Trinajstić information content (AvgIpc) is 2.55. The zero-order valence-electron chi connectivity index (χ0n) is 13.0. The van der Waals surface area contributed by atoms with Crippen molar-refractivity contribution in [2.24, 2.45) is 0 Å². The second-order valence-corrected chi connectivity index (χ2v) is 6.19. The summed E-state index contributed by atoms with van der Waals surface area (Å²) in [5.41, 5.74) is 4.94. The molecule has 0 spiro atoms. The van der Waals surface area contributed by atoms with Crippen LogP contribution in [0.4, 0.5) is 10.5 Å². The second kappa shape index (κ2) is 8.80. The SMILES string of the molecule is CC(Oc1ccc(Cl)cc1Cl)C(=O)NNC(=O)Nc1cccc(Cl)c1. The lowest BCUT2D eigenvalue weighted by Gasteiger charge is -2.16. The van der Waals surface area contributed by atoms with Gasteiger partial charge in [-0.1, -0.05) is 40.9 Å². The van der Waals surface area contributed by atoms with E-state index in [1.54, 1.807) is 36.4 Å². The number of benzene rings is 2. The Morgan fingerprint density at radius 3 is 2.40 bits per heavy atom. The van der Waals surface area contributed by atoms with Crippen LogP contribution in [0.25, 0.3) is 0 Å². The van der Waals surface area contributed by atoms with Crippen LogP contribution in [0.1, 0.15) is 6.92 Å². The molecule has 0 aliphatic rings. The molecule has 25 heavy (non-hydrogen) atoms. The molecule has 0 bridgehead atoms. The van der Waals surface area contributed by atoms with Gasteiger partial charge in [0.15, 0.2) is 6.10 Å². The normalized spacial score (nSPS) is 11.4. The number of hydrogen-bond donors (Lipinski definition) is 3. The fourth-order valence-corrected chi connectivity index (χ4v) is 2.41. The summed E-state index contributed by atoms with van der Waals surface area (Å²) in [6.07, 6.45) is -0.898. The molecular formula is C16H14Cl3N3O3. The summed E-state index contributed by atoms with van der Waals surface area (Å²) in [7, 11) is 0. The number of ether oxygens (including phenoxy) is 1. The maximum Gasteiger partial charge on any atom is 0.337 e. The van der Waals surface area contributed by atoms with Crippen molar-refractivity contribution in [2.45, 2.75) is 13.0 Å². The van der Waals surface area contributed by atoms with Crippen LogP contribution >= 0.6 is 34.8 Å². The molecular weight excluding hydrogens is 389 g/mol. The van der Waals surface area contributed by atoms with Gasteiger partial charge in [-0.25, -0.2) is 10.2 Å². The Morgan fingerprint density at radius 2 is 1.72 bits per heavy atom. The number of rotatable bonds is 4. The van der Waals surface area contributed by atoms with Crippen molar-refractivity contribution in [3.8, 4) is 5.75 Å². The maximum atomic E-state index is 12.0. The summed E-state index contributed by atoms with van der Waals surface area (Å²) in [5, 5.41) is 3.72. The molecule has 0 aliphatic heterocycles. The molecule has 3 amide bonds. The Balaban J connectivity index is 1.83. The fourth-order valence-electron chi connectivity index (χ4n) is 1.76. The molecule has 0 fully saturated rings. The number of hydrazine groups is 1. The topological polar surface area (TPSA) is 79.5 Å². The number of urea groups is 1. The lowest BCUT2D eigenvalue weighted by Crippen LogP contribution is -2.48. The van der Waals surface area contributed by atoms with Gasteiger partial charge in [0.05, 0.1) is 5.02 Å². The first-order valence-electron chi connectivity index (χ1n) is 7.09. The Morgan fingerprint density at radius 1 is 1.00 bits per heavy atom. The number of amides is 3. The van der Waals surface area contributed by atoms with Crippen LogP contribution < -0.4 is 20.9 Å². The van der Waals surface area contributed by atoms with E-state index in [1.165, 1.54) is 13.0 Å². The van der Waals surface area contributed by atoms with Crippen LogP contribution in [-0.4, -0.2) is 18.0 Å². The minimum atomic E-state index is -0.898. The van der Waals surface area contributed by atoms with Crippen LogP contribution in [0.5, 0.6) is 5.75 Å². The van der Waals surface area contributed by atoms with Gasteiger partial charge in [0.1, 0.15) is 5.75 Å². The quantitative estimate of drug-likeness (QED) is 0.668. The molecule has 0 aliphatic carbocycles. The second-order valence-electron chi connectivity index (χ2n) is 4.91. The van der Waals surface area contributed by atoms with Crippen molar-refractivity contribution in [3.05, 3.63) is 57.5 Å². The molecule has 1 unspecified atom stereocenters. The highest BCUT2D eigenvalue weighted by Crippen LogP contribution is 2.28. The van der Waals surface area contributed by atoms with E-state index >= 15 is 0 Å². The van der Waals surface area contributed by atoms with Crippen molar-refractivity contribution >= 4 is 52.4 Å². The van der Waals surface area contributed by atoms with Gasteiger partial charge in [-0.05, 0) is 43.3 Å². The van der Waals surface area contributed by atoms with Crippen LogP contribution in [0.3, 0.4) is 0 Å². The van der Waals surface area contributed by atoms with E-state index in [2.05, 4.69) is 16.2 Å². The van der Waals surface area contributed by atoms with Crippen molar-refractivity contribution in [3.63, 3.8) is 0 Å². The van der Waals surface area contributed by atoms with Gasteiger partial charge in [-0.2, -0.15) is 0 Å². The van der Waals surface area contributed by atoms with Crippen LogP contribution in [0.2, 0.25) is 15.1 Å². The molecule has 6 nitrogen and oxygen atoms in total. The van der Waals surface area contributed by atoms with Gasteiger partial charge in [0, 0.05) is 15.7 Å². The summed E-state index contributed by atoms with van der Waals surface area (Å²) in [6, 6.07) is 10.6. The molecule has 2 aromatic rings. The standard InChI is InChI=1S/C16H14Cl3N3O3/c1-9(25-14-6-5-11(18)8-13(14)19)15(23)21-22-16(24)20-12-4-2-3-10(17)7-12/h2-9H,1H3,(H,21,23)(H2,20,22,24). The highest BCUT2D eigenvalue weighted by Gasteiger charge is 2.17. The van der Waals surface area contributed by atoms with Crippen LogP contribution in [0.15, 0.2) is 42.5 Å². The van der Waals surface area contributed by atoms with E-state index < -0.39 is 18.0 Å². The summed E-state index contributed by atoms with van der Waals surface area (Å²) in [4.78, 5) is 23.7. The molecule has 132 valence electrons. The highest BCUT2D eigenvalue weighted by atomic mass is 35.5. The fraction of sp³-hybridized carbons (Fsp3) is 0.125. The van der Waals surface area contributed by atoms with E-state index in [1.807, 2.05) is 0 Å². The van der Waals surface area contributed by atoms with Gasteiger partial charge in [0.25, 0.3) is 5.91 Å². The molecule has 1 atom stereocenters. The van der Waals surface area contributed by atoms with E-state index in [0.717, 1.165) is 0 Å². The van der Waals surface area contributed by atoms with Gasteiger partial charge in [-0.15, -0.1) is 0 Å². The summed E-state index contributed by atoms with van der Waals surface area (Å²) >= 11 is 17.6. The number of halogens is 3. The molecule has 0 saturated heterocycles. The molecule has 9 heteroatoms. The number of carbonyl (C=O) groups excluding carboxylic acids is 2. The largest absolute Gasteiger partial charge is 0.479 e. The molecule has 0 radical (unpaired) electrons. The molecule has 0 heterocycles. The minimum Gasteiger partial charge on any atom is -0.479 e. The molecule has 2 rings (SSSR count). The zero-order chi connectivity index (χ0) is 18.4. The van der Waals surface area contributed by atoms with Crippen molar-refractivity contribution in [2.75, 3.05) is 5.32 Å². The van der Waals surface area contributed by atoms with Crippen LogP contribution in [0, 0.1) is 0 Å². The van der Waals surface area contributed by atoms with Gasteiger partial charge >= 0.3 is 6.03 Å². The summed E-state index contributed by atoms with van der Waals surface area (Å²) in [6.45, 7) is 1.51. The van der Waals surface area contributed by atoms with Crippen molar-refractivity contribution in [1.29, 1.82) is 0 Å². The monoisotopic (exact) mass is 401 g/mol. The van der Waals surface area contributed by atoms with E-state index in [0.29, 0.717) is 21.5 Å². The molecule has 0 aromatic heterocycles. The zero-order valence-corrected chi connectivity index (χ0v) is 15.2. The predicted octanol–water partition coefficient (Wildman–Crippen LogP) is 4.27. The lowest BCUT2D eigenvalue weighted by atomic mass is 10.3. The first-order chi connectivity index (χ1) is 11.8. The Bertz CT molecular complexity index is 786. The van der Waals surface area contributed by atoms with E-state index in [4.69, 9.17) is 39.5 Å². The molecule has 0 saturated carbocycles. The van der Waals surface area contributed by atoms with Crippen molar-refractivity contribution < 1.29 is 14.3 Å².